The molecule has 0 bridgehead atoms. The van der Waals surface area contributed by atoms with Crippen molar-refractivity contribution >= 4 is 17.4 Å². The quantitative estimate of drug-likeness (QED) is 0.717. The summed E-state index contributed by atoms with van der Waals surface area (Å²) in [5.74, 6) is 0.652. The number of nitrogens with zero attached hydrogens (tertiary/aromatic N) is 4. The van der Waals surface area contributed by atoms with Gasteiger partial charge in [-0.25, -0.2) is 4.98 Å². The molecule has 3 rings (SSSR count). The lowest BCUT2D eigenvalue weighted by molar-refractivity contribution is 0.0656. The van der Waals surface area contributed by atoms with E-state index in [2.05, 4.69) is 38.6 Å². The fraction of sp³-hybridized carbons (Fsp3) is 0.294. The molecular weight excluding hydrogens is 322 g/mol. The van der Waals surface area contributed by atoms with Crippen molar-refractivity contribution in [1.82, 2.24) is 24.5 Å². The number of hydrogen-bond acceptors (Lipinski definition) is 5. The molecule has 0 unspecified atom stereocenters. The van der Waals surface area contributed by atoms with Crippen molar-refractivity contribution in [2.24, 2.45) is 0 Å². The van der Waals surface area contributed by atoms with Crippen LogP contribution in [0.4, 0.5) is 0 Å². The van der Waals surface area contributed by atoms with Crippen LogP contribution in [0.15, 0.2) is 48.1 Å². The van der Waals surface area contributed by atoms with E-state index in [1.807, 2.05) is 18.2 Å². The Kier molecular flexibility index (Phi) is 5.32. The maximum absolute atomic E-state index is 12.8. The van der Waals surface area contributed by atoms with Crippen LogP contribution in [0.25, 0.3) is 0 Å². The number of benzene rings is 1. The summed E-state index contributed by atoms with van der Waals surface area (Å²) < 4.78 is 3.80. The first kappa shape index (κ1) is 16.3. The summed E-state index contributed by atoms with van der Waals surface area (Å²) in [5, 5.41) is 5.60. The topological polar surface area (TPSA) is 74.8 Å². The van der Waals surface area contributed by atoms with E-state index in [4.69, 9.17) is 0 Å². The second-order valence-corrected chi connectivity index (χ2v) is 6.24. The molecule has 2 aromatic heterocycles. The van der Waals surface area contributed by atoms with Gasteiger partial charge in [0.2, 0.25) is 0 Å². The van der Waals surface area contributed by atoms with Crippen molar-refractivity contribution in [3.05, 3.63) is 65.2 Å². The van der Waals surface area contributed by atoms with Crippen LogP contribution in [0.3, 0.4) is 0 Å². The number of H-pyrrole nitrogens is 1. The zero-order valence-electron chi connectivity index (χ0n) is 13.4. The van der Waals surface area contributed by atoms with Crippen molar-refractivity contribution in [1.29, 1.82) is 0 Å². The van der Waals surface area contributed by atoms with Crippen LogP contribution in [-0.2, 0) is 13.0 Å². The predicted molar refractivity (Wildman–Crippen MR) is 92.6 cm³/mol. The molecule has 3 aromatic rings. The van der Waals surface area contributed by atoms with Gasteiger partial charge in [0.1, 0.15) is 5.82 Å². The van der Waals surface area contributed by atoms with Crippen molar-refractivity contribution in [2.75, 3.05) is 0 Å². The molecule has 7 heteroatoms. The van der Waals surface area contributed by atoms with E-state index < -0.39 is 0 Å². The van der Waals surface area contributed by atoms with Gasteiger partial charge in [-0.1, -0.05) is 34.8 Å². The largest absolute Gasteiger partial charge is 0.347 e. The maximum atomic E-state index is 12.8. The minimum absolute atomic E-state index is 0.0597. The first-order valence-corrected chi connectivity index (χ1v) is 8.68. The number of carbonyl (C=O) groups excluding carboxylic acids is 1. The fourth-order valence-corrected chi connectivity index (χ4v) is 2.98. The van der Waals surface area contributed by atoms with Gasteiger partial charge < -0.3 is 9.88 Å². The lowest BCUT2D eigenvalue weighted by Crippen LogP contribution is -2.39. The summed E-state index contributed by atoms with van der Waals surface area (Å²) in [5.41, 5.74) is 1.66. The first-order chi connectivity index (χ1) is 11.7. The van der Waals surface area contributed by atoms with Gasteiger partial charge in [0.15, 0.2) is 5.69 Å². The molecule has 0 aliphatic carbocycles. The first-order valence-electron chi connectivity index (χ1n) is 7.84. The molecule has 1 amide bonds. The molecule has 1 aromatic carbocycles. The Balaban J connectivity index is 1.71. The van der Waals surface area contributed by atoms with Crippen molar-refractivity contribution in [2.45, 2.75) is 32.4 Å². The lowest BCUT2D eigenvalue weighted by Gasteiger charge is -2.28. The Bertz CT molecular complexity index is 743. The fourth-order valence-electron chi connectivity index (χ4n) is 2.55. The zero-order chi connectivity index (χ0) is 16.8. The van der Waals surface area contributed by atoms with Crippen LogP contribution >= 0.6 is 11.5 Å². The van der Waals surface area contributed by atoms with E-state index in [0.29, 0.717) is 12.2 Å². The third-order valence-electron chi connectivity index (χ3n) is 3.94. The minimum Gasteiger partial charge on any atom is -0.347 e. The lowest BCUT2D eigenvalue weighted by atomic mass is 10.0. The van der Waals surface area contributed by atoms with Gasteiger partial charge in [-0.3, -0.25) is 4.79 Å². The number of hydrogen-bond donors (Lipinski definition) is 1. The smallest absolute Gasteiger partial charge is 0.275 e. The van der Waals surface area contributed by atoms with Crippen LogP contribution in [0.1, 0.15) is 35.2 Å². The molecule has 0 radical (unpaired) electrons. The van der Waals surface area contributed by atoms with E-state index >= 15 is 0 Å². The van der Waals surface area contributed by atoms with Crippen LogP contribution in [0.5, 0.6) is 0 Å². The molecule has 1 N–H and O–H groups in total. The van der Waals surface area contributed by atoms with Gasteiger partial charge in [-0.15, -0.1) is 5.10 Å². The Labute approximate surface area is 144 Å². The van der Waals surface area contributed by atoms with Crippen molar-refractivity contribution in [3.63, 3.8) is 0 Å². The molecule has 2 heterocycles. The van der Waals surface area contributed by atoms with Crippen LogP contribution < -0.4 is 0 Å². The number of rotatable bonds is 7. The Morgan fingerprint density at radius 3 is 2.83 bits per heavy atom. The molecule has 0 aliphatic rings. The number of carbonyl (C=O) groups is 1. The standard InChI is InChI=1S/C17H19N5OS/c1-13(7-8-14-5-3-2-4-6-14)22(11-16-18-9-10-19-16)17(23)15-12-24-21-20-15/h2-6,9-10,12-13H,7-8,11H2,1H3,(H,18,19)/t13-/m1/s1. The Morgan fingerprint density at radius 2 is 2.17 bits per heavy atom. The summed E-state index contributed by atoms with van der Waals surface area (Å²) >= 11 is 1.18. The summed E-state index contributed by atoms with van der Waals surface area (Å²) in [6.45, 7) is 2.49. The Hall–Kier alpha value is -2.54. The zero-order valence-corrected chi connectivity index (χ0v) is 14.2. The highest BCUT2D eigenvalue weighted by Crippen LogP contribution is 2.15. The van der Waals surface area contributed by atoms with E-state index in [1.54, 1.807) is 22.7 Å². The number of aromatic nitrogens is 4. The third-order valence-corrected chi connectivity index (χ3v) is 4.45. The van der Waals surface area contributed by atoms with E-state index in [0.717, 1.165) is 18.7 Å². The molecule has 124 valence electrons. The van der Waals surface area contributed by atoms with Crippen molar-refractivity contribution < 1.29 is 4.79 Å². The highest BCUT2D eigenvalue weighted by atomic mass is 32.1. The second kappa shape index (κ2) is 7.83. The highest BCUT2D eigenvalue weighted by Gasteiger charge is 2.24. The number of amides is 1. The van der Waals surface area contributed by atoms with Crippen LogP contribution in [-0.4, -0.2) is 36.4 Å². The summed E-state index contributed by atoms with van der Waals surface area (Å²) in [7, 11) is 0. The highest BCUT2D eigenvalue weighted by molar-refractivity contribution is 7.03. The number of nitrogens with one attached hydrogen (secondary N) is 1. The minimum atomic E-state index is -0.110. The van der Waals surface area contributed by atoms with Gasteiger partial charge in [-0.05, 0) is 36.9 Å². The van der Waals surface area contributed by atoms with E-state index in [1.165, 1.54) is 17.1 Å². The molecule has 0 aliphatic heterocycles. The van der Waals surface area contributed by atoms with Crippen LogP contribution in [0.2, 0.25) is 0 Å². The number of aromatic amines is 1. The van der Waals surface area contributed by atoms with Gasteiger partial charge >= 0.3 is 0 Å². The SMILES string of the molecule is C[C@H](CCc1ccccc1)N(Cc1ncc[nH]1)C(=O)c1csnn1. The number of imidazole rings is 1. The summed E-state index contributed by atoms with van der Waals surface area (Å²) in [6, 6.07) is 10.4. The normalized spacial score (nSPS) is 12.0. The molecule has 0 saturated carbocycles. The molecule has 6 nitrogen and oxygen atoms in total. The molecule has 0 spiro atoms. The average Bonchev–Trinajstić information content (AvgIpc) is 3.31. The molecule has 1 atom stereocenters. The molecule has 24 heavy (non-hydrogen) atoms. The van der Waals surface area contributed by atoms with Gasteiger partial charge in [0.05, 0.1) is 6.54 Å². The maximum Gasteiger partial charge on any atom is 0.275 e. The van der Waals surface area contributed by atoms with Gasteiger partial charge in [0.25, 0.3) is 5.91 Å². The van der Waals surface area contributed by atoms with Crippen LogP contribution in [0, 0.1) is 0 Å². The third kappa shape index (κ3) is 4.05. The van der Waals surface area contributed by atoms with Crippen molar-refractivity contribution in [3.8, 4) is 0 Å². The summed E-state index contributed by atoms with van der Waals surface area (Å²) in [4.78, 5) is 21.9. The summed E-state index contributed by atoms with van der Waals surface area (Å²) in [6.07, 6.45) is 5.24. The molecular formula is C17H19N5OS. The second-order valence-electron chi connectivity index (χ2n) is 5.63. The van der Waals surface area contributed by atoms with Gasteiger partial charge in [-0.2, -0.15) is 0 Å². The molecule has 0 saturated heterocycles. The van der Waals surface area contributed by atoms with E-state index in [-0.39, 0.29) is 11.9 Å². The monoisotopic (exact) mass is 341 g/mol. The van der Waals surface area contributed by atoms with E-state index in [9.17, 15) is 4.79 Å². The average molecular weight is 341 g/mol. The molecule has 0 fully saturated rings. The predicted octanol–water partition coefficient (Wildman–Crippen LogP) is 2.92. The van der Waals surface area contributed by atoms with Gasteiger partial charge in [0, 0.05) is 23.8 Å². The Morgan fingerprint density at radius 1 is 1.33 bits per heavy atom. The number of aryl methyl sites for hydroxylation is 1.